The molecular formula is C15H23N3O4S2. The molecule has 1 aliphatic rings. The van der Waals surface area contributed by atoms with Gasteiger partial charge < -0.3 is 10.6 Å². The first-order chi connectivity index (χ1) is 11.4. The van der Waals surface area contributed by atoms with Gasteiger partial charge in [-0.05, 0) is 38.1 Å². The highest BCUT2D eigenvalue weighted by Crippen LogP contribution is 2.26. The van der Waals surface area contributed by atoms with Crippen LogP contribution in [0.1, 0.15) is 26.7 Å². The lowest BCUT2D eigenvalue weighted by Crippen LogP contribution is -2.50. The summed E-state index contributed by atoms with van der Waals surface area (Å²) in [4.78, 5) is 24.1. The molecule has 1 saturated heterocycles. The van der Waals surface area contributed by atoms with Crippen LogP contribution in [0.2, 0.25) is 0 Å². The van der Waals surface area contributed by atoms with Gasteiger partial charge in [-0.2, -0.15) is 4.31 Å². The maximum atomic E-state index is 12.6. The largest absolute Gasteiger partial charge is 0.355 e. The lowest BCUT2D eigenvalue weighted by atomic mass is 9.98. The summed E-state index contributed by atoms with van der Waals surface area (Å²) < 4.78 is 26.8. The summed E-state index contributed by atoms with van der Waals surface area (Å²) in [7, 11) is -3.55. The van der Waals surface area contributed by atoms with Crippen LogP contribution in [0, 0.1) is 5.92 Å². The molecule has 2 heterocycles. The maximum Gasteiger partial charge on any atom is 0.252 e. The second-order valence-electron chi connectivity index (χ2n) is 5.76. The highest BCUT2D eigenvalue weighted by molar-refractivity contribution is 7.91. The van der Waals surface area contributed by atoms with Crippen LogP contribution >= 0.6 is 11.3 Å². The normalized spacial score (nSPS) is 20.3. The minimum Gasteiger partial charge on any atom is -0.355 e. The van der Waals surface area contributed by atoms with E-state index in [9.17, 15) is 18.0 Å². The molecule has 0 spiro atoms. The van der Waals surface area contributed by atoms with E-state index >= 15 is 0 Å². The summed E-state index contributed by atoms with van der Waals surface area (Å²) in [6.07, 6.45) is 1.24. The van der Waals surface area contributed by atoms with Crippen molar-refractivity contribution >= 4 is 33.2 Å². The third-order valence-electron chi connectivity index (χ3n) is 3.95. The highest BCUT2D eigenvalue weighted by Gasteiger charge is 2.34. The van der Waals surface area contributed by atoms with Crippen LogP contribution in [0.3, 0.4) is 0 Å². The van der Waals surface area contributed by atoms with Crippen LogP contribution in [-0.4, -0.2) is 50.2 Å². The van der Waals surface area contributed by atoms with Gasteiger partial charge >= 0.3 is 0 Å². The van der Waals surface area contributed by atoms with Crippen molar-refractivity contribution in [3.05, 3.63) is 17.5 Å². The van der Waals surface area contributed by atoms with E-state index in [2.05, 4.69) is 10.6 Å². The molecule has 2 rings (SSSR count). The topological polar surface area (TPSA) is 95.6 Å². The van der Waals surface area contributed by atoms with Crippen molar-refractivity contribution < 1.29 is 18.0 Å². The van der Waals surface area contributed by atoms with Crippen molar-refractivity contribution in [1.29, 1.82) is 0 Å². The molecule has 134 valence electrons. The first kappa shape index (κ1) is 18.9. The first-order valence-electron chi connectivity index (χ1n) is 7.98. The summed E-state index contributed by atoms with van der Waals surface area (Å²) in [6.45, 7) is 4.48. The standard InChI is InChI=1S/C15H23N3O4S2/c1-3-16-14(19)11(2)17-15(20)12-6-4-8-18(10-12)24(21,22)13-7-5-9-23-13/h5,7,9,11-12H,3-4,6,8,10H2,1-2H3,(H,16,19)(H,17,20)/t11-,12+/m1/s1. The zero-order valence-corrected chi connectivity index (χ0v) is 15.5. The molecule has 24 heavy (non-hydrogen) atoms. The number of amides is 2. The molecule has 1 aliphatic heterocycles. The molecule has 9 heteroatoms. The average molecular weight is 374 g/mol. The monoisotopic (exact) mass is 373 g/mol. The molecule has 7 nitrogen and oxygen atoms in total. The van der Waals surface area contributed by atoms with Gasteiger partial charge in [0.1, 0.15) is 10.3 Å². The molecular weight excluding hydrogens is 350 g/mol. The molecule has 2 N–H and O–H groups in total. The van der Waals surface area contributed by atoms with Gasteiger partial charge in [0.15, 0.2) is 0 Å². The van der Waals surface area contributed by atoms with Gasteiger partial charge in [0.05, 0.1) is 5.92 Å². The Morgan fingerprint density at radius 3 is 2.83 bits per heavy atom. The van der Waals surface area contributed by atoms with Crippen molar-refractivity contribution in [1.82, 2.24) is 14.9 Å². The Morgan fingerprint density at radius 2 is 2.21 bits per heavy atom. The van der Waals surface area contributed by atoms with Crippen LogP contribution in [0.4, 0.5) is 0 Å². The van der Waals surface area contributed by atoms with Crippen molar-refractivity contribution in [3.63, 3.8) is 0 Å². The number of carbonyl (C=O) groups is 2. The smallest absolute Gasteiger partial charge is 0.252 e. The fourth-order valence-corrected chi connectivity index (χ4v) is 5.30. The Labute approximate surface area is 146 Å². The van der Waals surface area contributed by atoms with Gasteiger partial charge in [-0.25, -0.2) is 8.42 Å². The Bertz CT molecular complexity index is 673. The zero-order valence-electron chi connectivity index (χ0n) is 13.8. The molecule has 0 aliphatic carbocycles. The summed E-state index contributed by atoms with van der Waals surface area (Å²) >= 11 is 1.17. The van der Waals surface area contributed by atoms with Crippen molar-refractivity contribution in [3.8, 4) is 0 Å². The SMILES string of the molecule is CCNC(=O)[C@@H](C)NC(=O)[C@H]1CCCN(S(=O)(=O)c2cccs2)C1. The molecule has 0 radical (unpaired) electrons. The molecule has 1 fully saturated rings. The summed E-state index contributed by atoms with van der Waals surface area (Å²) in [5.74, 6) is -0.963. The van der Waals surface area contributed by atoms with Gasteiger partial charge in [-0.15, -0.1) is 11.3 Å². The Balaban J connectivity index is 2.00. The van der Waals surface area contributed by atoms with E-state index in [4.69, 9.17) is 0 Å². The van der Waals surface area contributed by atoms with E-state index in [1.807, 2.05) is 0 Å². The number of nitrogens with zero attached hydrogens (tertiary/aromatic N) is 1. The third kappa shape index (κ3) is 4.34. The van der Waals surface area contributed by atoms with Crippen LogP contribution < -0.4 is 10.6 Å². The molecule has 0 saturated carbocycles. The number of nitrogens with one attached hydrogen (secondary N) is 2. The first-order valence-corrected chi connectivity index (χ1v) is 10.3. The van der Waals surface area contributed by atoms with Gasteiger partial charge in [0.2, 0.25) is 11.8 Å². The second kappa shape index (κ2) is 8.09. The third-order valence-corrected chi connectivity index (χ3v) is 7.19. The molecule has 1 aromatic heterocycles. The van der Waals surface area contributed by atoms with Crippen molar-refractivity contribution in [2.24, 2.45) is 5.92 Å². The van der Waals surface area contributed by atoms with Crippen LogP contribution in [-0.2, 0) is 19.6 Å². The number of sulfonamides is 1. The summed E-state index contributed by atoms with van der Waals surface area (Å²) in [5.41, 5.74) is 0. The lowest BCUT2D eigenvalue weighted by molar-refractivity contribution is -0.131. The van der Waals surface area contributed by atoms with Gasteiger partial charge in [-0.1, -0.05) is 6.07 Å². The van der Waals surface area contributed by atoms with E-state index in [-0.39, 0.29) is 18.4 Å². The van der Waals surface area contributed by atoms with Crippen LogP contribution in [0.5, 0.6) is 0 Å². The second-order valence-corrected chi connectivity index (χ2v) is 8.87. The average Bonchev–Trinajstić information content (AvgIpc) is 3.10. The quantitative estimate of drug-likeness (QED) is 0.771. The molecule has 2 atom stereocenters. The molecule has 1 aromatic rings. The highest BCUT2D eigenvalue weighted by atomic mass is 32.2. The number of rotatable bonds is 6. The van der Waals surface area contributed by atoms with Gasteiger partial charge in [-0.3, -0.25) is 9.59 Å². The van der Waals surface area contributed by atoms with E-state index in [0.29, 0.717) is 30.1 Å². The van der Waals surface area contributed by atoms with Crippen molar-refractivity contribution in [2.75, 3.05) is 19.6 Å². The minimum absolute atomic E-state index is 0.147. The van der Waals surface area contributed by atoms with E-state index in [1.165, 1.54) is 15.6 Å². The van der Waals surface area contributed by atoms with E-state index in [1.54, 1.807) is 31.4 Å². The summed E-state index contributed by atoms with van der Waals surface area (Å²) in [6, 6.07) is 2.63. The van der Waals surface area contributed by atoms with Crippen LogP contribution in [0.25, 0.3) is 0 Å². The molecule has 0 unspecified atom stereocenters. The number of thiophene rings is 1. The lowest BCUT2D eigenvalue weighted by Gasteiger charge is -2.31. The molecule has 0 bridgehead atoms. The van der Waals surface area contributed by atoms with E-state index in [0.717, 1.165) is 0 Å². The Morgan fingerprint density at radius 1 is 1.46 bits per heavy atom. The number of piperidine rings is 1. The number of carbonyl (C=O) groups excluding carboxylic acids is 2. The van der Waals surface area contributed by atoms with E-state index < -0.39 is 22.0 Å². The van der Waals surface area contributed by atoms with Crippen LogP contribution in [0.15, 0.2) is 21.7 Å². The Kier molecular flexibility index (Phi) is 6.36. The number of hydrogen-bond donors (Lipinski definition) is 2. The predicted molar refractivity (Wildman–Crippen MR) is 92.1 cm³/mol. The van der Waals surface area contributed by atoms with Gasteiger partial charge in [0.25, 0.3) is 10.0 Å². The number of hydrogen-bond acceptors (Lipinski definition) is 5. The zero-order chi connectivity index (χ0) is 17.7. The fraction of sp³-hybridized carbons (Fsp3) is 0.600. The minimum atomic E-state index is -3.55. The predicted octanol–water partition coefficient (Wildman–Crippen LogP) is 0.790. The molecule has 0 aromatic carbocycles. The van der Waals surface area contributed by atoms with Gasteiger partial charge in [0, 0.05) is 19.6 Å². The summed E-state index contributed by atoms with van der Waals surface area (Å²) in [5, 5.41) is 7.03. The number of likely N-dealkylation sites (N-methyl/N-ethyl adjacent to an activating group) is 1. The maximum absolute atomic E-state index is 12.6. The molecule has 2 amide bonds. The fourth-order valence-electron chi connectivity index (χ4n) is 2.64. The van der Waals surface area contributed by atoms with Crippen molar-refractivity contribution in [2.45, 2.75) is 36.9 Å². The Hall–Kier alpha value is -1.45.